The molecular formula is C17H24N4O2. The molecule has 0 saturated carbocycles. The molecule has 0 spiro atoms. The summed E-state index contributed by atoms with van der Waals surface area (Å²) in [5.41, 5.74) is 0.499. The van der Waals surface area contributed by atoms with Crippen molar-refractivity contribution in [2.75, 3.05) is 11.9 Å². The van der Waals surface area contributed by atoms with Crippen molar-refractivity contribution in [3.8, 4) is 0 Å². The van der Waals surface area contributed by atoms with Gasteiger partial charge in [-0.15, -0.1) is 0 Å². The number of para-hydroxylation sites is 1. The number of carbonyl (C=O) groups is 1. The van der Waals surface area contributed by atoms with Crippen LogP contribution in [0, 0.1) is 0 Å². The second-order valence-electron chi connectivity index (χ2n) is 6.08. The number of hydrogen-bond acceptors (Lipinski definition) is 4. The molecule has 6 heteroatoms. The average Bonchev–Trinajstić information content (AvgIpc) is 2.94. The van der Waals surface area contributed by atoms with Crippen LogP contribution in [0.3, 0.4) is 0 Å². The zero-order chi connectivity index (χ0) is 16.9. The average molecular weight is 316 g/mol. The van der Waals surface area contributed by atoms with Crippen LogP contribution in [0.4, 0.5) is 5.69 Å². The van der Waals surface area contributed by atoms with E-state index in [0.717, 1.165) is 11.3 Å². The number of nitrogens with zero attached hydrogens (tertiary/aromatic N) is 2. The first-order valence-corrected chi connectivity index (χ1v) is 7.66. The van der Waals surface area contributed by atoms with E-state index in [2.05, 4.69) is 15.7 Å². The van der Waals surface area contributed by atoms with Gasteiger partial charge in [0.1, 0.15) is 5.60 Å². The first-order chi connectivity index (χ1) is 10.9. The predicted molar refractivity (Wildman–Crippen MR) is 89.9 cm³/mol. The van der Waals surface area contributed by atoms with Crippen LogP contribution in [0.5, 0.6) is 0 Å². The molecule has 0 aliphatic carbocycles. The van der Waals surface area contributed by atoms with Crippen LogP contribution >= 0.6 is 0 Å². The van der Waals surface area contributed by atoms with Crippen LogP contribution in [0.1, 0.15) is 25.8 Å². The van der Waals surface area contributed by atoms with Crippen molar-refractivity contribution in [1.29, 1.82) is 0 Å². The van der Waals surface area contributed by atoms with E-state index in [4.69, 9.17) is 0 Å². The maximum absolute atomic E-state index is 12.0. The lowest BCUT2D eigenvalue weighted by Crippen LogP contribution is -2.40. The van der Waals surface area contributed by atoms with Crippen LogP contribution < -0.4 is 10.6 Å². The summed E-state index contributed by atoms with van der Waals surface area (Å²) in [6, 6.07) is 9.30. The van der Waals surface area contributed by atoms with E-state index in [-0.39, 0.29) is 11.9 Å². The van der Waals surface area contributed by atoms with Gasteiger partial charge in [-0.05, 0) is 26.0 Å². The molecule has 1 heterocycles. The summed E-state index contributed by atoms with van der Waals surface area (Å²) in [6.07, 6.45) is 3.76. The molecule has 0 fully saturated rings. The quantitative estimate of drug-likeness (QED) is 0.725. The minimum absolute atomic E-state index is 0.0538. The number of amides is 1. The Kier molecular flexibility index (Phi) is 5.52. The Labute approximate surface area is 136 Å². The first-order valence-electron chi connectivity index (χ1n) is 7.66. The Morgan fingerprint density at radius 3 is 2.70 bits per heavy atom. The Morgan fingerprint density at radius 2 is 2.09 bits per heavy atom. The largest absolute Gasteiger partial charge is 0.384 e. The molecule has 0 aliphatic heterocycles. The summed E-state index contributed by atoms with van der Waals surface area (Å²) in [6.45, 7) is 4.00. The highest BCUT2D eigenvalue weighted by atomic mass is 16.3. The van der Waals surface area contributed by atoms with Gasteiger partial charge in [-0.25, -0.2) is 0 Å². The van der Waals surface area contributed by atoms with E-state index in [0.29, 0.717) is 13.0 Å². The second-order valence-corrected chi connectivity index (χ2v) is 6.08. The number of hydrogen-bond donors (Lipinski definition) is 3. The van der Waals surface area contributed by atoms with Gasteiger partial charge >= 0.3 is 0 Å². The molecule has 124 valence electrons. The minimum Gasteiger partial charge on any atom is -0.384 e. The molecule has 1 amide bonds. The van der Waals surface area contributed by atoms with Crippen LogP contribution in [0.2, 0.25) is 0 Å². The van der Waals surface area contributed by atoms with E-state index < -0.39 is 5.60 Å². The Balaban J connectivity index is 1.80. The van der Waals surface area contributed by atoms with Gasteiger partial charge in [0, 0.05) is 43.5 Å². The zero-order valence-corrected chi connectivity index (χ0v) is 13.8. The normalized spacial score (nSPS) is 15.0. The highest BCUT2D eigenvalue weighted by molar-refractivity contribution is 5.90. The van der Waals surface area contributed by atoms with E-state index in [9.17, 15) is 9.90 Å². The standard InChI is InChI=1S/C17H24N4O2/c1-13(9-16(22)20-15-7-5-4-6-8-15)18-12-17(2,23)14-10-19-21(3)11-14/h4-8,10-11,13,18,23H,9,12H2,1-3H3,(H,20,22). The molecule has 2 rings (SSSR count). The van der Waals surface area contributed by atoms with Crippen molar-refractivity contribution in [3.05, 3.63) is 48.3 Å². The number of rotatable bonds is 7. The van der Waals surface area contributed by atoms with Gasteiger partial charge in [0.15, 0.2) is 0 Å². The molecule has 1 aromatic carbocycles. The van der Waals surface area contributed by atoms with E-state index >= 15 is 0 Å². The minimum atomic E-state index is -1.03. The Bertz CT molecular complexity index is 637. The monoisotopic (exact) mass is 316 g/mol. The third-order valence-corrected chi connectivity index (χ3v) is 3.67. The molecule has 2 unspecified atom stereocenters. The van der Waals surface area contributed by atoms with Crippen molar-refractivity contribution < 1.29 is 9.90 Å². The molecule has 2 aromatic rings. The van der Waals surface area contributed by atoms with E-state index in [1.807, 2.05) is 44.3 Å². The summed E-state index contributed by atoms with van der Waals surface area (Å²) < 4.78 is 1.65. The number of aliphatic hydroxyl groups is 1. The van der Waals surface area contributed by atoms with Crippen molar-refractivity contribution in [2.45, 2.75) is 31.9 Å². The van der Waals surface area contributed by atoms with Gasteiger partial charge in [0.05, 0.1) is 6.20 Å². The van der Waals surface area contributed by atoms with Crippen molar-refractivity contribution in [1.82, 2.24) is 15.1 Å². The molecule has 2 atom stereocenters. The molecule has 0 radical (unpaired) electrons. The van der Waals surface area contributed by atoms with Crippen molar-refractivity contribution in [3.63, 3.8) is 0 Å². The third-order valence-electron chi connectivity index (χ3n) is 3.67. The molecule has 0 aliphatic rings. The summed E-state index contributed by atoms with van der Waals surface area (Å²) in [7, 11) is 1.81. The van der Waals surface area contributed by atoms with Gasteiger partial charge in [-0.1, -0.05) is 18.2 Å². The maximum Gasteiger partial charge on any atom is 0.225 e. The number of carbonyl (C=O) groups excluding carboxylic acids is 1. The molecule has 0 saturated heterocycles. The number of aromatic nitrogens is 2. The lowest BCUT2D eigenvalue weighted by Gasteiger charge is -2.25. The third kappa shape index (κ3) is 5.19. The molecule has 23 heavy (non-hydrogen) atoms. The fourth-order valence-electron chi connectivity index (χ4n) is 2.26. The van der Waals surface area contributed by atoms with E-state index in [1.165, 1.54) is 0 Å². The topological polar surface area (TPSA) is 79.2 Å². The maximum atomic E-state index is 12.0. The Morgan fingerprint density at radius 1 is 1.39 bits per heavy atom. The van der Waals surface area contributed by atoms with Gasteiger partial charge in [0.25, 0.3) is 0 Å². The smallest absolute Gasteiger partial charge is 0.225 e. The summed E-state index contributed by atoms with van der Waals surface area (Å²) >= 11 is 0. The van der Waals surface area contributed by atoms with Crippen molar-refractivity contribution >= 4 is 11.6 Å². The van der Waals surface area contributed by atoms with E-state index in [1.54, 1.807) is 24.0 Å². The molecular weight excluding hydrogens is 292 g/mol. The number of aryl methyl sites for hydroxylation is 1. The predicted octanol–water partition coefficient (Wildman–Crippen LogP) is 1.63. The fraction of sp³-hybridized carbons (Fsp3) is 0.412. The number of benzene rings is 1. The SMILES string of the molecule is CC(CC(=O)Nc1ccccc1)NCC(C)(O)c1cnn(C)c1. The second kappa shape index (κ2) is 7.39. The first kappa shape index (κ1) is 17.2. The fourth-order valence-corrected chi connectivity index (χ4v) is 2.26. The van der Waals surface area contributed by atoms with Gasteiger partial charge in [-0.3, -0.25) is 9.48 Å². The number of nitrogens with one attached hydrogen (secondary N) is 2. The highest BCUT2D eigenvalue weighted by Crippen LogP contribution is 2.18. The molecule has 3 N–H and O–H groups in total. The van der Waals surface area contributed by atoms with Gasteiger partial charge in [0.2, 0.25) is 5.91 Å². The Hall–Kier alpha value is -2.18. The molecule has 6 nitrogen and oxygen atoms in total. The van der Waals surface area contributed by atoms with Crippen LogP contribution in [-0.4, -0.2) is 33.4 Å². The number of anilines is 1. The molecule has 1 aromatic heterocycles. The van der Waals surface area contributed by atoms with Gasteiger partial charge in [-0.2, -0.15) is 5.10 Å². The lowest BCUT2D eigenvalue weighted by atomic mass is 9.99. The van der Waals surface area contributed by atoms with Gasteiger partial charge < -0.3 is 15.7 Å². The van der Waals surface area contributed by atoms with Crippen LogP contribution in [0.25, 0.3) is 0 Å². The summed E-state index contributed by atoms with van der Waals surface area (Å²) in [5, 5.41) is 20.6. The lowest BCUT2D eigenvalue weighted by molar-refractivity contribution is -0.116. The van der Waals surface area contributed by atoms with Crippen LogP contribution in [0.15, 0.2) is 42.7 Å². The summed E-state index contributed by atoms with van der Waals surface area (Å²) in [5.74, 6) is -0.0581. The van der Waals surface area contributed by atoms with Crippen LogP contribution in [-0.2, 0) is 17.4 Å². The molecule has 0 bridgehead atoms. The summed E-state index contributed by atoms with van der Waals surface area (Å²) in [4.78, 5) is 12.0. The highest BCUT2D eigenvalue weighted by Gasteiger charge is 2.25. The zero-order valence-electron chi connectivity index (χ0n) is 13.8. The van der Waals surface area contributed by atoms with Crippen molar-refractivity contribution in [2.24, 2.45) is 7.05 Å².